The van der Waals surface area contributed by atoms with E-state index in [1.807, 2.05) is 55.7 Å². The Morgan fingerprint density at radius 1 is 1.20 bits per heavy atom. The van der Waals surface area contributed by atoms with E-state index >= 15 is 0 Å². The molecule has 2 heterocycles. The van der Waals surface area contributed by atoms with E-state index in [1.54, 1.807) is 22.4 Å². The Kier molecular flexibility index (Phi) is 5.94. The summed E-state index contributed by atoms with van der Waals surface area (Å²) in [5.41, 5.74) is 1.49. The van der Waals surface area contributed by atoms with Gasteiger partial charge in [0.2, 0.25) is 5.82 Å². The molecule has 0 fully saturated rings. The molecular formula is C22H23N4O3S+. The molecular weight excluding hydrogens is 400 g/mol. The molecule has 1 aromatic heterocycles. The van der Waals surface area contributed by atoms with Gasteiger partial charge in [0.1, 0.15) is 11.6 Å². The number of allylic oxidation sites excluding steroid dienone is 3. The summed E-state index contributed by atoms with van der Waals surface area (Å²) >= 11 is 1.66. The largest absolute Gasteiger partial charge is 0.501 e. The number of carbonyl (C=O) groups excluding carboxylic acids is 2. The normalized spacial score (nSPS) is 18.3. The van der Waals surface area contributed by atoms with Gasteiger partial charge in [-0.25, -0.2) is 4.79 Å². The van der Waals surface area contributed by atoms with Gasteiger partial charge in [0.05, 0.1) is 6.54 Å². The highest BCUT2D eigenvalue weighted by Gasteiger charge is 2.46. The summed E-state index contributed by atoms with van der Waals surface area (Å²) in [5.74, 6) is 0.152. The van der Waals surface area contributed by atoms with Gasteiger partial charge in [0.15, 0.2) is 6.54 Å². The molecule has 3 amide bonds. The third-order valence-corrected chi connectivity index (χ3v) is 5.89. The van der Waals surface area contributed by atoms with Crippen LogP contribution in [-0.2, 0) is 11.3 Å². The summed E-state index contributed by atoms with van der Waals surface area (Å²) in [6.45, 7) is 2.56. The van der Waals surface area contributed by atoms with Gasteiger partial charge in [-0.15, -0.1) is 11.8 Å². The Morgan fingerprint density at radius 3 is 2.73 bits per heavy atom. The Labute approximate surface area is 179 Å². The molecule has 4 rings (SSSR count). The molecule has 0 N–H and O–H groups in total. The molecule has 1 aliphatic carbocycles. The third kappa shape index (κ3) is 3.87. The summed E-state index contributed by atoms with van der Waals surface area (Å²) in [4.78, 5) is 32.9. The van der Waals surface area contributed by atoms with Crippen LogP contribution >= 0.6 is 11.8 Å². The van der Waals surface area contributed by atoms with Gasteiger partial charge in [-0.05, 0) is 43.0 Å². The number of benzene rings is 1. The molecule has 1 unspecified atom stereocenters. The highest BCUT2D eigenvalue weighted by atomic mass is 32.2. The minimum atomic E-state index is -0.467. The Morgan fingerprint density at radius 2 is 2.00 bits per heavy atom. The highest BCUT2D eigenvalue weighted by Crippen LogP contribution is 2.23. The second kappa shape index (κ2) is 8.79. The summed E-state index contributed by atoms with van der Waals surface area (Å²) < 4.78 is 7.00. The van der Waals surface area contributed by atoms with Crippen LogP contribution in [0.15, 0.2) is 58.0 Å². The van der Waals surface area contributed by atoms with Gasteiger partial charge in [-0.1, -0.05) is 36.7 Å². The van der Waals surface area contributed by atoms with Gasteiger partial charge in [-0.2, -0.15) is 19.3 Å². The molecule has 154 valence electrons. The summed E-state index contributed by atoms with van der Waals surface area (Å²) in [5, 5.41) is 4.07. The quantitative estimate of drug-likeness (QED) is 0.496. The van der Waals surface area contributed by atoms with Gasteiger partial charge in [0, 0.05) is 10.5 Å². The van der Waals surface area contributed by atoms with Crippen molar-refractivity contribution >= 4 is 29.4 Å². The van der Waals surface area contributed by atoms with Crippen LogP contribution in [0, 0.1) is 5.92 Å². The van der Waals surface area contributed by atoms with E-state index in [-0.39, 0.29) is 18.5 Å². The monoisotopic (exact) mass is 423 g/mol. The van der Waals surface area contributed by atoms with Crippen molar-refractivity contribution in [2.24, 2.45) is 5.92 Å². The first-order chi connectivity index (χ1) is 14.6. The first-order valence-corrected chi connectivity index (χ1v) is 11.2. The molecule has 8 heteroatoms. The average Bonchev–Trinajstić information content (AvgIpc) is 3.25. The van der Waals surface area contributed by atoms with Gasteiger partial charge < -0.3 is 4.52 Å². The van der Waals surface area contributed by atoms with Crippen LogP contribution in [0.25, 0.3) is 11.4 Å². The maximum atomic E-state index is 13.1. The molecule has 1 aromatic carbocycles. The van der Waals surface area contributed by atoms with Crippen molar-refractivity contribution < 1.29 is 18.7 Å². The predicted octanol–water partition coefficient (Wildman–Crippen LogP) is 3.92. The van der Waals surface area contributed by atoms with Crippen molar-refractivity contribution in [1.29, 1.82) is 0 Å². The lowest BCUT2D eigenvalue weighted by molar-refractivity contribution is -0.460. The Balaban J connectivity index is 1.62. The lowest BCUT2D eigenvalue weighted by atomic mass is 9.94. The van der Waals surface area contributed by atoms with E-state index in [4.69, 9.17) is 4.52 Å². The van der Waals surface area contributed by atoms with Crippen molar-refractivity contribution in [3.63, 3.8) is 0 Å². The Bertz CT molecular complexity index is 1050. The first-order valence-electron chi connectivity index (χ1n) is 9.94. The van der Waals surface area contributed by atoms with Crippen molar-refractivity contribution in [3.8, 4) is 11.4 Å². The number of thioether (sulfide) groups is 1. The van der Waals surface area contributed by atoms with E-state index in [2.05, 4.69) is 10.1 Å². The van der Waals surface area contributed by atoms with Crippen LogP contribution < -0.4 is 0 Å². The smallest absolute Gasteiger partial charge is 0.335 e. The zero-order valence-electron chi connectivity index (χ0n) is 16.9. The molecule has 0 spiro atoms. The second-order valence-corrected chi connectivity index (χ2v) is 7.98. The third-order valence-electron chi connectivity index (χ3n) is 5.15. The maximum absolute atomic E-state index is 13.1. The number of fused-ring (bicyclic) bond motifs is 1. The fraction of sp³-hybridized carbons (Fsp3) is 0.318. The fourth-order valence-corrected chi connectivity index (χ4v) is 3.92. The number of hydrogen-bond donors (Lipinski definition) is 0. The van der Waals surface area contributed by atoms with E-state index in [0.717, 1.165) is 23.3 Å². The number of rotatable bonds is 7. The number of carbonyl (C=O) groups is 2. The van der Waals surface area contributed by atoms with Crippen LogP contribution in [0.4, 0.5) is 4.79 Å². The van der Waals surface area contributed by atoms with E-state index in [9.17, 15) is 9.59 Å². The number of nitrogens with zero attached hydrogens (tertiary/aromatic N) is 4. The van der Waals surface area contributed by atoms with Crippen molar-refractivity contribution in [2.75, 3.05) is 12.8 Å². The molecule has 7 nitrogen and oxygen atoms in total. The van der Waals surface area contributed by atoms with Crippen LogP contribution in [0.3, 0.4) is 0 Å². The number of aromatic nitrogens is 2. The molecule has 1 aliphatic heterocycles. The maximum Gasteiger partial charge on any atom is 0.501 e. The summed E-state index contributed by atoms with van der Waals surface area (Å²) in [6.07, 6.45) is 11.0. The molecule has 30 heavy (non-hydrogen) atoms. The number of urea groups is 1. The zero-order chi connectivity index (χ0) is 21.1. The number of unbranched alkanes of at least 4 members (excludes halogenated alkanes) is 1. The van der Waals surface area contributed by atoms with Crippen LogP contribution in [0.5, 0.6) is 0 Å². The number of imide groups is 1. The molecule has 1 atom stereocenters. The van der Waals surface area contributed by atoms with Crippen LogP contribution in [-0.4, -0.2) is 50.1 Å². The number of hydrogen-bond acceptors (Lipinski definition) is 6. The second-order valence-electron chi connectivity index (χ2n) is 7.10. The van der Waals surface area contributed by atoms with Crippen LogP contribution in [0.1, 0.15) is 25.7 Å². The van der Waals surface area contributed by atoms with Crippen molar-refractivity contribution in [3.05, 3.63) is 54.5 Å². The van der Waals surface area contributed by atoms with E-state index in [0.29, 0.717) is 24.0 Å². The van der Waals surface area contributed by atoms with E-state index in [1.165, 1.54) is 4.90 Å². The molecule has 0 saturated heterocycles. The number of amides is 3. The predicted molar refractivity (Wildman–Crippen MR) is 114 cm³/mol. The summed E-state index contributed by atoms with van der Waals surface area (Å²) in [7, 11) is 0. The zero-order valence-corrected chi connectivity index (χ0v) is 17.8. The fourth-order valence-electron chi connectivity index (χ4n) is 3.51. The SMILES string of the molecule is CCCCN1C(=O)C2C=CC=CC2=[N+](Cc2nc(-c3ccc(SC)cc3)no2)C1=O. The summed E-state index contributed by atoms with van der Waals surface area (Å²) in [6, 6.07) is 7.54. The standard InChI is InChI=1S/C22H23N4O3S/c1-3-4-13-25-21(27)17-7-5-6-8-18(17)26(22(25)28)14-19-23-20(24-29-19)15-9-11-16(30-2)12-10-15/h5-12,17H,3-4,13-14H2,1-2H3/q+1. The molecule has 0 radical (unpaired) electrons. The highest BCUT2D eigenvalue weighted by molar-refractivity contribution is 7.98. The molecule has 0 saturated carbocycles. The van der Waals surface area contributed by atoms with E-state index < -0.39 is 5.92 Å². The lowest BCUT2D eigenvalue weighted by Crippen LogP contribution is -2.54. The lowest BCUT2D eigenvalue weighted by Gasteiger charge is -2.26. The Hall–Kier alpha value is -3.00. The van der Waals surface area contributed by atoms with Gasteiger partial charge in [0.25, 0.3) is 5.89 Å². The van der Waals surface area contributed by atoms with Crippen LogP contribution in [0.2, 0.25) is 0 Å². The average molecular weight is 424 g/mol. The van der Waals surface area contributed by atoms with Gasteiger partial charge in [-0.3, -0.25) is 0 Å². The van der Waals surface area contributed by atoms with Gasteiger partial charge >= 0.3 is 11.9 Å². The van der Waals surface area contributed by atoms with Crippen molar-refractivity contribution in [2.45, 2.75) is 31.2 Å². The first kappa shape index (κ1) is 20.3. The molecule has 2 aromatic rings. The minimum absolute atomic E-state index is 0.120. The molecule has 0 bridgehead atoms. The van der Waals surface area contributed by atoms with Crippen molar-refractivity contribution in [1.82, 2.24) is 15.0 Å². The molecule has 2 aliphatic rings. The minimum Gasteiger partial charge on any atom is -0.335 e. The topological polar surface area (TPSA) is 79.3 Å².